The number of fused-ring (bicyclic) bond motifs is 1. The predicted molar refractivity (Wildman–Crippen MR) is 102 cm³/mol. The Balaban J connectivity index is 2.04. The maximum atomic E-state index is 12.6. The van der Waals surface area contributed by atoms with Gasteiger partial charge in [-0.3, -0.25) is 19.1 Å². The van der Waals surface area contributed by atoms with E-state index in [-0.39, 0.29) is 11.1 Å². The van der Waals surface area contributed by atoms with Crippen molar-refractivity contribution in [1.29, 1.82) is 0 Å². The summed E-state index contributed by atoms with van der Waals surface area (Å²) in [4.78, 5) is 27.8. The first-order valence-corrected chi connectivity index (χ1v) is 8.15. The van der Waals surface area contributed by atoms with Gasteiger partial charge in [0.2, 0.25) is 0 Å². The molecular weight excluding hydrogens is 326 g/mol. The van der Waals surface area contributed by atoms with Crippen LogP contribution >= 0.6 is 0 Å². The summed E-state index contributed by atoms with van der Waals surface area (Å²) in [6.45, 7) is 0. The van der Waals surface area contributed by atoms with Crippen LogP contribution in [0.2, 0.25) is 0 Å². The van der Waals surface area contributed by atoms with Gasteiger partial charge < -0.3 is 5.32 Å². The van der Waals surface area contributed by atoms with E-state index in [2.05, 4.69) is 10.3 Å². The van der Waals surface area contributed by atoms with Crippen LogP contribution < -0.4 is 10.7 Å². The van der Waals surface area contributed by atoms with Crippen LogP contribution in [-0.2, 0) is 0 Å². The van der Waals surface area contributed by atoms with E-state index < -0.39 is 0 Å². The molecule has 26 heavy (non-hydrogen) atoms. The van der Waals surface area contributed by atoms with Crippen molar-refractivity contribution in [2.45, 2.75) is 0 Å². The third-order valence-electron chi connectivity index (χ3n) is 4.10. The van der Waals surface area contributed by atoms with Crippen molar-refractivity contribution < 1.29 is 4.79 Å². The minimum absolute atomic E-state index is 0.157. The molecule has 0 radical (unpaired) electrons. The Morgan fingerprint density at radius 1 is 0.923 bits per heavy atom. The van der Waals surface area contributed by atoms with Crippen LogP contribution in [0.25, 0.3) is 16.6 Å². The minimum atomic E-state index is -0.157. The Hall–Kier alpha value is -3.73. The first kappa shape index (κ1) is 15.8. The third kappa shape index (κ3) is 2.86. The van der Waals surface area contributed by atoms with Crippen LogP contribution in [0.3, 0.4) is 0 Å². The molecule has 1 N–H and O–H groups in total. The zero-order chi connectivity index (χ0) is 17.9. The topological polar surface area (TPSA) is 64.0 Å². The molecule has 2 aromatic carbocycles. The van der Waals surface area contributed by atoms with Gasteiger partial charge in [-0.15, -0.1) is 0 Å². The molecule has 0 bridgehead atoms. The maximum absolute atomic E-state index is 12.6. The van der Waals surface area contributed by atoms with E-state index in [9.17, 15) is 9.59 Å². The van der Waals surface area contributed by atoms with Crippen LogP contribution in [0.5, 0.6) is 0 Å². The van der Waals surface area contributed by atoms with Gasteiger partial charge in [-0.2, -0.15) is 0 Å². The third-order valence-corrected chi connectivity index (χ3v) is 4.10. The molecule has 0 spiro atoms. The summed E-state index contributed by atoms with van der Waals surface area (Å²) in [5.74, 6) is 0.614. The van der Waals surface area contributed by atoms with Crippen molar-refractivity contribution in [3.63, 3.8) is 0 Å². The molecule has 0 amide bonds. The second-order valence-corrected chi connectivity index (χ2v) is 5.80. The lowest BCUT2D eigenvalue weighted by Crippen LogP contribution is -2.13. The Morgan fingerprint density at radius 3 is 2.31 bits per heavy atom. The molecule has 0 atom stereocenters. The zero-order valence-corrected chi connectivity index (χ0v) is 13.8. The van der Waals surface area contributed by atoms with Gasteiger partial charge in [0.1, 0.15) is 11.5 Å². The lowest BCUT2D eigenvalue weighted by atomic mass is 10.2. The van der Waals surface area contributed by atoms with Crippen molar-refractivity contribution in [2.75, 3.05) is 5.32 Å². The van der Waals surface area contributed by atoms with E-state index in [0.717, 1.165) is 11.4 Å². The Kier molecular flexibility index (Phi) is 4.03. The highest BCUT2D eigenvalue weighted by molar-refractivity contribution is 5.87. The van der Waals surface area contributed by atoms with Gasteiger partial charge in [-0.25, -0.2) is 0 Å². The highest BCUT2D eigenvalue weighted by Crippen LogP contribution is 2.25. The van der Waals surface area contributed by atoms with Crippen LogP contribution in [0, 0.1) is 0 Å². The van der Waals surface area contributed by atoms with E-state index in [1.807, 2.05) is 65.2 Å². The van der Waals surface area contributed by atoms with E-state index in [4.69, 9.17) is 0 Å². The summed E-state index contributed by atoms with van der Waals surface area (Å²) < 4.78 is 1.92. The molecule has 0 saturated heterocycles. The second-order valence-electron chi connectivity index (χ2n) is 5.80. The van der Waals surface area contributed by atoms with Crippen LogP contribution in [-0.4, -0.2) is 15.8 Å². The smallest absolute Gasteiger partial charge is 0.193 e. The fourth-order valence-electron chi connectivity index (χ4n) is 2.91. The molecule has 5 nitrogen and oxygen atoms in total. The lowest BCUT2D eigenvalue weighted by Gasteiger charge is -2.18. The first-order chi connectivity index (χ1) is 12.8. The summed E-state index contributed by atoms with van der Waals surface area (Å²) in [5.41, 5.74) is 2.48. The number of para-hydroxylation sites is 2. The summed E-state index contributed by atoms with van der Waals surface area (Å²) >= 11 is 0. The van der Waals surface area contributed by atoms with Gasteiger partial charge in [-0.1, -0.05) is 36.4 Å². The number of nitrogens with zero attached hydrogens (tertiary/aromatic N) is 2. The lowest BCUT2D eigenvalue weighted by molar-refractivity contribution is 0.111. The Labute approximate surface area is 149 Å². The normalized spacial score (nSPS) is 10.6. The Bertz CT molecular complexity index is 1140. The minimum Gasteiger partial charge on any atom is -0.341 e. The second kappa shape index (κ2) is 6.64. The van der Waals surface area contributed by atoms with E-state index in [1.165, 1.54) is 6.20 Å². The molecule has 2 heterocycles. The zero-order valence-electron chi connectivity index (χ0n) is 13.8. The number of anilines is 2. The first-order valence-electron chi connectivity index (χ1n) is 8.15. The molecule has 2 aromatic heterocycles. The standard InChI is InChI=1S/C21H15N3O2/c25-14-16-11-19-18(13-22-16)20(26)12-21(23-15-7-3-1-4-8-15)24(19)17-9-5-2-6-10-17/h1-14,23H. The van der Waals surface area contributed by atoms with Crippen molar-refractivity contribution >= 4 is 28.7 Å². The number of pyridine rings is 2. The highest BCUT2D eigenvalue weighted by atomic mass is 16.1. The number of aromatic nitrogens is 2. The number of aldehydes is 1. The molecule has 0 aliphatic rings. The van der Waals surface area contributed by atoms with Gasteiger partial charge in [0.05, 0.1) is 10.9 Å². The Morgan fingerprint density at radius 2 is 1.62 bits per heavy atom. The van der Waals surface area contributed by atoms with Crippen molar-refractivity contribution in [2.24, 2.45) is 0 Å². The van der Waals surface area contributed by atoms with Gasteiger partial charge in [-0.05, 0) is 30.3 Å². The van der Waals surface area contributed by atoms with Gasteiger partial charge in [0.15, 0.2) is 11.7 Å². The van der Waals surface area contributed by atoms with Crippen LogP contribution in [0.1, 0.15) is 10.5 Å². The number of carbonyl (C=O) groups excluding carboxylic acids is 1. The van der Waals surface area contributed by atoms with Gasteiger partial charge in [0, 0.05) is 23.6 Å². The van der Waals surface area contributed by atoms with E-state index >= 15 is 0 Å². The molecule has 126 valence electrons. The molecule has 0 aliphatic carbocycles. The summed E-state index contributed by atoms with van der Waals surface area (Å²) in [7, 11) is 0. The van der Waals surface area contributed by atoms with E-state index in [1.54, 1.807) is 12.1 Å². The molecule has 4 rings (SSSR count). The van der Waals surface area contributed by atoms with Crippen molar-refractivity contribution in [3.8, 4) is 5.69 Å². The SMILES string of the molecule is O=Cc1cc2c(cn1)c(=O)cc(Nc1ccccc1)n2-c1ccccc1. The molecule has 0 fully saturated rings. The maximum Gasteiger partial charge on any atom is 0.193 e. The monoisotopic (exact) mass is 341 g/mol. The number of nitrogens with one attached hydrogen (secondary N) is 1. The summed E-state index contributed by atoms with van der Waals surface area (Å²) in [6.07, 6.45) is 2.13. The summed E-state index contributed by atoms with van der Waals surface area (Å²) in [6, 6.07) is 22.5. The number of carbonyl (C=O) groups is 1. The predicted octanol–water partition coefficient (Wildman–Crippen LogP) is 3.94. The van der Waals surface area contributed by atoms with Crippen molar-refractivity contribution in [1.82, 2.24) is 9.55 Å². The molecule has 0 unspecified atom stereocenters. The molecule has 0 saturated carbocycles. The number of rotatable bonds is 4. The number of hydrogen-bond acceptors (Lipinski definition) is 4. The average Bonchev–Trinajstić information content (AvgIpc) is 2.69. The number of benzene rings is 2. The van der Waals surface area contributed by atoms with Crippen molar-refractivity contribution in [3.05, 3.63) is 94.9 Å². The molecular formula is C21H15N3O2. The fraction of sp³-hybridized carbons (Fsp3) is 0. The van der Waals surface area contributed by atoms with Crippen LogP contribution in [0.15, 0.2) is 83.8 Å². The molecule has 5 heteroatoms. The quantitative estimate of drug-likeness (QED) is 0.571. The largest absolute Gasteiger partial charge is 0.341 e. The van der Waals surface area contributed by atoms with Gasteiger partial charge in [0.25, 0.3) is 0 Å². The molecule has 4 aromatic rings. The van der Waals surface area contributed by atoms with E-state index in [0.29, 0.717) is 23.0 Å². The average molecular weight is 341 g/mol. The fourth-order valence-corrected chi connectivity index (χ4v) is 2.91. The molecule has 0 aliphatic heterocycles. The highest BCUT2D eigenvalue weighted by Gasteiger charge is 2.12. The number of hydrogen-bond donors (Lipinski definition) is 1. The summed E-state index contributed by atoms with van der Waals surface area (Å²) in [5, 5.41) is 3.75. The van der Waals surface area contributed by atoms with Gasteiger partial charge >= 0.3 is 0 Å². The van der Waals surface area contributed by atoms with Crippen LogP contribution in [0.4, 0.5) is 11.5 Å².